The molecule has 2 N–H and O–H groups in total. The van der Waals surface area contributed by atoms with Crippen LogP contribution in [-0.4, -0.2) is 40.9 Å². The van der Waals surface area contributed by atoms with Gasteiger partial charge in [-0.15, -0.1) is 22.9 Å². The van der Waals surface area contributed by atoms with E-state index in [-0.39, 0.29) is 23.2 Å². The molecule has 4 nitrogen and oxygen atoms in total. The number of ether oxygens (including phenoxy) is 1. The lowest BCUT2D eigenvalue weighted by Crippen LogP contribution is -2.19. The van der Waals surface area contributed by atoms with E-state index >= 15 is 0 Å². The Hall–Kier alpha value is -0.880. The number of hydrogen-bond donors (Lipinski definition) is 2. The molecule has 0 aliphatic heterocycles. The third kappa shape index (κ3) is 6.87. The molecule has 0 radical (unpaired) electrons. The average Bonchev–Trinajstić information content (AvgIpc) is 3.24. The van der Waals surface area contributed by atoms with Crippen molar-refractivity contribution in [3.8, 4) is 0 Å². The average molecular weight is 429 g/mol. The van der Waals surface area contributed by atoms with Crippen LogP contribution in [-0.2, 0) is 11.2 Å². The van der Waals surface area contributed by atoms with Crippen molar-refractivity contribution >= 4 is 28.9 Å². The molecule has 158 valence electrons. The van der Waals surface area contributed by atoms with E-state index in [4.69, 9.17) is 16.3 Å². The molecular formula is C22H33ClO4S. The number of methoxy groups -OCH3 is 1. The van der Waals surface area contributed by atoms with Crippen LogP contribution < -0.4 is 0 Å². The van der Waals surface area contributed by atoms with Crippen molar-refractivity contribution in [2.45, 2.75) is 75.9 Å². The standard InChI is InChI=1S/C22H33ClO4S/c1-3-4-5-7-15(24)10-12-18-17(19(23)14-20(18)25)9-6-8-16-11-13-21(28-16)22(26)27-2/h10-13,15,17-20,24-25H,3-9,14H2,1-2H3/b12-10+/t15?,17-,18-,19?,20-/m1/s1. The van der Waals surface area contributed by atoms with Crippen LogP contribution in [0.5, 0.6) is 0 Å². The molecule has 5 atom stereocenters. The zero-order valence-electron chi connectivity index (χ0n) is 16.9. The summed E-state index contributed by atoms with van der Waals surface area (Å²) in [5.74, 6) is -0.0910. The molecule has 2 rings (SSSR count). The molecule has 0 bridgehead atoms. The minimum absolute atomic E-state index is 0.00251. The molecule has 1 aliphatic rings. The lowest BCUT2D eigenvalue weighted by atomic mass is 9.89. The molecule has 2 unspecified atom stereocenters. The molecule has 28 heavy (non-hydrogen) atoms. The number of esters is 1. The molecule has 0 amide bonds. The van der Waals surface area contributed by atoms with Crippen LogP contribution in [0.1, 0.15) is 66.4 Å². The summed E-state index contributed by atoms with van der Waals surface area (Å²) in [7, 11) is 1.39. The number of aliphatic hydroxyl groups excluding tert-OH is 2. The monoisotopic (exact) mass is 428 g/mol. The number of carbonyl (C=O) groups excluding carboxylic acids is 1. The van der Waals surface area contributed by atoms with E-state index in [2.05, 4.69) is 6.92 Å². The van der Waals surface area contributed by atoms with Crippen LogP contribution in [0.3, 0.4) is 0 Å². The van der Waals surface area contributed by atoms with E-state index < -0.39 is 12.2 Å². The fourth-order valence-electron chi connectivity index (χ4n) is 3.92. The van der Waals surface area contributed by atoms with E-state index in [0.29, 0.717) is 11.3 Å². The van der Waals surface area contributed by atoms with E-state index in [1.807, 2.05) is 18.2 Å². The van der Waals surface area contributed by atoms with Gasteiger partial charge in [0.15, 0.2) is 0 Å². The number of carbonyl (C=O) groups is 1. The summed E-state index contributed by atoms with van der Waals surface area (Å²) in [5.41, 5.74) is 0. The molecule has 1 heterocycles. The summed E-state index contributed by atoms with van der Waals surface area (Å²) < 4.78 is 4.75. The topological polar surface area (TPSA) is 66.8 Å². The Balaban J connectivity index is 1.85. The fourth-order valence-corrected chi connectivity index (χ4v) is 5.37. The number of thiophene rings is 1. The van der Waals surface area contributed by atoms with Gasteiger partial charge in [0, 0.05) is 16.2 Å². The third-order valence-corrected chi connectivity index (χ3v) is 7.16. The van der Waals surface area contributed by atoms with Crippen molar-refractivity contribution < 1.29 is 19.7 Å². The second kappa shape index (κ2) is 12.0. The molecule has 1 fully saturated rings. The first-order valence-electron chi connectivity index (χ1n) is 10.3. The number of halogens is 1. The predicted molar refractivity (Wildman–Crippen MR) is 115 cm³/mol. The zero-order valence-corrected chi connectivity index (χ0v) is 18.4. The molecule has 1 aromatic rings. The van der Waals surface area contributed by atoms with Crippen molar-refractivity contribution in [2.24, 2.45) is 11.8 Å². The van der Waals surface area contributed by atoms with Crippen molar-refractivity contribution in [3.63, 3.8) is 0 Å². The van der Waals surface area contributed by atoms with Crippen molar-refractivity contribution in [2.75, 3.05) is 7.11 Å². The second-order valence-corrected chi connectivity index (χ2v) is 9.39. The van der Waals surface area contributed by atoms with E-state index in [9.17, 15) is 15.0 Å². The Morgan fingerprint density at radius 3 is 2.89 bits per heavy atom. The van der Waals surface area contributed by atoms with E-state index in [1.54, 1.807) is 6.07 Å². The summed E-state index contributed by atoms with van der Waals surface area (Å²) in [6, 6.07) is 3.78. The quantitative estimate of drug-likeness (QED) is 0.226. The number of aliphatic hydroxyl groups is 2. The van der Waals surface area contributed by atoms with Gasteiger partial charge in [-0.05, 0) is 50.2 Å². The minimum Gasteiger partial charge on any atom is -0.465 e. The molecular weight excluding hydrogens is 396 g/mol. The first kappa shape index (κ1) is 23.4. The smallest absolute Gasteiger partial charge is 0.348 e. The lowest BCUT2D eigenvalue weighted by molar-refractivity contribution is 0.0606. The Morgan fingerprint density at radius 2 is 2.18 bits per heavy atom. The van der Waals surface area contributed by atoms with Gasteiger partial charge in [-0.1, -0.05) is 38.3 Å². The van der Waals surface area contributed by atoms with Crippen LogP contribution in [0.2, 0.25) is 0 Å². The number of unbranched alkanes of at least 4 members (excludes halogenated alkanes) is 2. The maximum absolute atomic E-state index is 11.6. The maximum Gasteiger partial charge on any atom is 0.348 e. The van der Waals surface area contributed by atoms with Gasteiger partial charge in [0.1, 0.15) is 4.88 Å². The van der Waals surface area contributed by atoms with Crippen LogP contribution in [0, 0.1) is 11.8 Å². The highest BCUT2D eigenvalue weighted by molar-refractivity contribution is 7.13. The van der Waals surface area contributed by atoms with Crippen LogP contribution in [0.25, 0.3) is 0 Å². The molecule has 1 saturated carbocycles. The van der Waals surface area contributed by atoms with E-state index in [0.717, 1.165) is 49.8 Å². The molecule has 0 aromatic carbocycles. The van der Waals surface area contributed by atoms with Crippen LogP contribution >= 0.6 is 22.9 Å². The number of alkyl halides is 1. The van der Waals surface area contributed by atoms with E-state index in [1.165, 1.54) is 18.4 Å². The summed E-state index contributed by atoms with van der Waals surface area (Å²) in [6.45, 7) is 2.15. The third-order valence-electron chi connectivity index (χ3n) is 5.54. The summed E-state index contributed by atoms with van der Waals surface area (Å²) in [4.78, 5) is 13.3. The highest BCUT2D eigenvalue weighted by atomic mass is 35.5. The zero-order chi connectivity index (χ0) is 20.5. The second-order valence-electron chi connectivity index (χ2n) is 7.66. The van der Waals surface area contributed by atoms with Crippen molar-refractivity contribution in [1.82, 2.24) is 0 Å². The van der Waals surface area contributed by atoms with Gasteiger partial charge < -0.3 is 14.9 Å². The molecule has 0 spiro atoms. The largest absolute Gasteiger partial charge is 0.465 e. The van der Waals surface area contributed by atoms with Gasteiger partial charge in [-0.2, -0.15) is 0 Å². The Labute approximate surface area is 177 Å². The Morgan fingerprint density at radius 1 is 1.39 bits per heavy atom. The minimum atomic E-state index is -0.448. The summed E-state index contributed by atoms with van der Waals surface area (Å²) >= 11 is 7.99. The van der Waals surface area contributed by atoms with Gasteiger partial charge >= 0.3 is 5.97 Å². The highest BCUT2D eigenvalue weighted by Crippen LogP contribution is 2.40. The molecule has 0 saturated heterocycles. The first-order chi connectivity index (χ1) is 13.5. The van der Waals surface area contributed by atoms with Crippen molar-refractivity contribution in [1.29, 1.82) is 0 Å². The Bertz CT molecular complexity index is 630. The first-order valence-corrected chi connectivity index (χ1v) is 11.6. The van der Waals surface area contributed by atoms with Gasteiger partial charge in [0.2, 0.25) is 0 Å². The van der Waals surface area contributed by atoms with Gasteiger partial charge in [-0.3, -0.25) is 0 Å². The number of rotatable bonds is 11. The van der Waals surface area contributed by atoms with Gasteiger partial charge in [-0.25, -0.2) is 4.79 Å². The van der Waals surface area contributed by atoms with Crippen LogP contribution in [0.15, 0.2) is 24.3 Å². The fraction of sp³-hybridized carbons (Fsp3) is 0.682. The number of aryl methyl sites for hydroxylation is 1. The van der Waals surface area contributed by atoms with Gasteiger partial charge in [0.25, 0.3) is 0 Å². The maximum atomic E-state index is 11.6. The molecule has 6 heteroatoms. The number of hydrogen-bond acceptors (Lipinski definition) is 5. The van der Waals surface area contributed by atoms with Crippen molar-refractivity contribution in [3.05, 3.63) is 34.0 Å². The molecule has 1 aliphatic carbocycles. The predicted octanol–water partition coefficient (Wildman–Crippen LogP) is 4.96. The highest BCUT2D eigenvalue weighted by Gasteiger charge is 2.39. The lowest BCUT2D eigenvalue weighted by Gasteiger charge is -2.21. The molecule has 1 aromatic heterocycles. The van der Waals surface area contributed by atoms with Gasteiger partial charge in [0.05, 0.1) is 19.3 Å². The van der Waals surface area contributed by atoms with Crippen LogP contribution in [0.4, 0.5) is 0 Å². The SMILES string of the molecule is CCCCCC(O)/C=C/[C@H]1[C@H](O)CC(Cl)[C@@H]1CCCc1ccc(C(=O)OC)s1. The normalized spacial score (nSPS) is 26.0. The summed E-state index contributed by atoms with van der Waals surface area (Å²) in [6.07, 6.45) is 10.3. The summed E-state index contributed by atoms with van der Waals surface area (Å²) in [5, 5.41) is 20.5. The Kier molecular flexibility index (Phi) is 10.00.